The summed E-state index contributed by atoms with van der Waals surface area (Å²) < 4.78 is 1.83. The Bertz CT molecular complexity index is 344. The fourth-order valence-corrected chi connectivity index (χ4v) is 1.26. The quantitative estimate of drug-likeness (QED) is 0.665. The van der Waals surface area contributed by atoms with E-state index in [0.29, 0.717) is 19.1 Å². The Kier molecular flexibility index (Phi) is 2.96. The van der Waals surface area contributed by atoms with Crippen LogP contribution in [0.3, 0.4) is 0 Å². The molecule has 0 aliphatic heterocycles. The lowest BCUT2D eigenvalue weighted by Gasteiger charge is -2.04. The normalized spacial score (nSPS) is 15.3. The van der Waals surface area contributed by atoms with Gasteiger partial charge < -0.3 is 15.2 Å². The van der Waals surface area contributed by atoms with Crippen LogP contribution >= 0.6 is 0 Å². The SMILES string of the molecule is Cn1cnnc1CNCC(=O)NC1CC1. The van der Waals surface area contributed by atoms with Crippen molar-refractivity contribution in [1.82, 2.24) is 25.4 Å². The second kappa shape index (κ2) is 4.39. The zero-order chi connectivity index (χ0) is 10.7. The van der Waals surface area contributed by atoms with E-state index in [-0.39, 0.29) is 5.91 Å². The lowest BCUT2D eigenvalue weighted by molar-refractivity contribution is -0.120. The molecule has 82 valence electrons. The summed E-state index contributed by atoms with van der Waals surface area (Å²) in [4.78, 5) is 11.3. The van der Waals surface area contributed by atoms with Crippen LogP contribution in [-0.2, 0) is 18.4 Å². The summed E-state index contributed by atoms with van der Waals surface area (Å²) in [7, 11) is 1.88. The predicted molar refractivity (Wildman–Crippen MR) is 53.9 cm³/mol. The maximum absolute atomic E-state index is 11.3. The van der Waals surface area contributed by atoms with Gasteiger partial charge in [0, 0.05) is 13.1 Å². The Labute approximate surface area is 88.1 Å². The zero-order valence-electron chi connectivity index (χ0n) is 8.73. The third-order valence-corrected chi connectivity index (χ3v) is 2.32. The molecule has 1 aromatic heterocycles. The van der Waals surface area contributed by atoms with E-state index >= 15 is 0 Å². The summed E-state index contributed by atoms with van der Waals surface area (Å²) in [5.41, 5.74) is 0. The van der Waals surface area contributed by atoms with Crippen molar-refractivity contribution in [3.8, 4) is 0 Å². The maximum atomic E-state index is 11.3. The van der Waals surface area contributed by atoms with Gasteiger partial charge in [-0.2, -0.15) is 0 Å². The van der Waals surface area contributed by atoms with Crippen LogP contribution in [0, 0.1) is 0 Å². The molecule has 15 heavy (non-hydrogen) atoms. The Morgan fingerprint density at radius 3 is 3.07 bits per heavy atom. The molecular formula is C9H15N5O. The molecule has 2 rings (SSSR count). The molecule has 0 aromatic carbocycles. The monoisotopic (exact) mass is 209 g/mol. The number of hydrogen-bond acceptors (Lipinski definition) is 4. The molecule has 1 saturated carbocycles. The molecule has 0 atom stereocenters. The van der Waals surface area contributed by atoms with Crippen molar-refractivity contribution >= 4 is 5.91 Å². The predicted octanol–water partition coefficient (Wildman–Crippen LogP) is -0.817. The smallest absolute Gasteiger partial charge is 0.234 e. The van der Waals surface area contributed by atoms with E-state index < -0.39 is 0 Å². The zero-order valence-corrected chi connectivity index (χ0v) is 8.73. The highest BCUT2D eigenvalue weighted by atomic mass is 16.2. The van der Waals surface area contributed by atoms with E-state index in [1.807, 2.05) is 11.6 Å². The van der Waals surface area contributed by atoms with Crippen molar-refractivity contribution in [1.29, 1.82) is 0 Å². The number of hydrogen-bond donors (Lipinski definition) is 2. The first kappa shape index (κ1) is 10.1. The summed E-state index contributed by atoms with van der Waals surface area (Å²) in [6, 6.07) is 0.425. The van der Waals surface area contributed by atoms with Crippen LogP contribution in [0.1, 0.15) is 18.7 Å². The first-order valence-electron chi connectivity index (χ1n) is 5.08. The Hall–Kier alpha value is -1.43. The van der Waals surface area contributed by atoms with Crippen LogP contribution in [-0.4, -0.2) is 33.3 Å². The first-order chi connectivity index (χ1) is 7.25. The van der Waals surface area contributed by atoms with Crippen molar-refractivity contribution in [3.05, 3.63) is 12.2 Å². The van der Waals surface area contributed by atoms with Gasteiger partial charge in [0.25, 0.3) is 0 Å². The molecule has 1 heterocycles. The molecule has 1 aromatic rings. The van der Waals surface area contributed by atoms with Crippen molar-refractivity contribution in [2.45, 2.75) is 25.4 Å². The van der Waals surface area contributed by atoms with Crippen LogP contribution in [0.25, 0.3) is 0 Å². The topological polar surface area (TPSA) is 71.8 Å². The number of aromatic nitrogens is 3. The van der Waals surface area contributed by atoms with Crippen molar-refractivity contribution < 1.29 is 4.79 Å². The third-order valence-electron chi connectivity index (χ3n) is 2.32. The Balaban J connectivity index is 1.65. The molecule has 0 radical (unpaired) electrons. The molecule has 0 bridgehead atoms. The average Bonchev–Trinajstić information content (AvgIpc) is 2.91. The molecule has 1 aliphatic carbocycles. The van der Waals surface area contributed by atoms with Crippen LogP contribution < -0.4 is 10.6 Å². The maximum Gasteiger partial charge on any atom is 0.234 e. The summed E-state index contributed by atoms with van der Waals surface area (Å²) >= 11 is 0. The number of aryl methyl sites for hydroxylation is 1. The molecule has 0 spiro atoms. The van der Waals surface area contributed by atoms with Gasteiger partial charge in [0.2, 0.25) is 5.91 Å². The average molecular weight is 209 g/mol. The summed E-state index contributed by atoms with van der Waals surface area (Å²) in [5, 5.41) is 13.6. The number of carbonyl (C=O) groups is 1. The fourth-order valence-electron chi connectivity index (χ4n) is 1.26. The van der Waals surface area contributed by atoms with Crippen molar-refractivity contribution in [3.63, 3.8) is 0 Å². The molecule has 0 saturated heterocycles. The minimum absolute atomic E-state index is 0.0552. The molecule has 1 amide bonds. The first-order valence-corrected chi connectivity index (χ1v) is 5.08. The largest absolute Gasteiger partial charge is 0.352 e. The number of amides is 1. The summed E-state index contributed by atoms with van der Waals surface area (Å²) in [5.74, 6) is 0.883. The van der Waals surface area contributed by atoms with Crippen LogP contribution in [0.15, 0.2) is 6.33 Å². The number of nitrogens with zero attached hydrogens (tertiary/aromatic N) is 3. The van der Waals surface area contributed by atoms with E-state index in [1.165, 1.54) is 0 Å². The van der Waals surface area contributed by atoms with E-state index in [2.05, 4.69) is 20.8 Å². The van der Waals surface area contributed by atoms with Gasteiger partial charge in [-0.15, -0.1) is 10.2 Å². The Morgan fingerprint density at radius 1 is 1.67 bits per heavy atom. The van der Waals surface area contributed by atoms with E-state index in [9.17, 15) is 4.79 Å². The number of nitrogens with one attached hydrogen (secondary N) is 2. The van der Waals surface area contributed by atoms with Gasteiger partial charge in [-0.1, -0.05) is 0 Å². The van der Waals surface area contributed by atoms with E-state index in [1.54, 1.807) is 6.33 Å². The number of rotatable bonds is 5. The summed E-state index contributed by atoms with van der Waals surface area (Å²) in [6.07, 6.45) is 3.88. The van der Waals surface area contributed by atoms with Gasteiger partial charge in [0.15, 0.2) is 0 Å². The van der Waals surface area contributed by atoms with Crippen molar-refractivity contribution in [2.75, 3.05) is 6.54 Å². The van der Waals surface area contributed by atoms with Crippen LogP contribution in [0.4, 0.5) is 0 Å². The van der Waals surface area contributed by atoms with Crippen molar-refractivity contribution in [2.24, 2.45) is 7.05 Å². The summed E-state index contributed by atoms with van der Waals surface area (Å²) in [6.45, 7) is 0.901. The number of carbonyl (C=O) groups excluding carboxylic acids is 1. The highest BCUT2D eigenvalue weighted by molar-refractivity contribution is 5.78. The molecular weight excluding hydrogens is 194 g/mol. The fraction of sp³-hybridized carbons (Fsp3) is 0.667. The molecule has 1 aliphatic rings. The highest BCUT2D eigenvalue weighted by Gasteiger charge is 2.22. The molecule has 6 nitrogen and oxygen atoms in total. The van der Waals surface area contributed by atoms with Gasteiger partial charge in [-0.25, -0.2) is 0 Å². The van der Waals surface area contributed by atoms with Gasteiger partial charge >= 0.3 is 0 Å². The highest BCUT2D eigenvalue weighted by Crippen LogP contribution is 2.18. The molecule has 6 heteroatoms. The molecule has 2 N–H and O–H groups in total. The van der Waals surface area contributed by atoms with Gasteiger partial charge in [0.1, 0.15) is 12.2 Å². The van der Waals surface area contributed by atoms with Gasteiger partial charge in [-0.05, 0) is 12.8 Å². The lowest BCUT2D eigenvalue weighted by atomic mass is 10.5. The van der Waals surface area contributed by atoms with Gasteiger partial charge in [0.05, 0.1) is 13.1 Å². The Morgan fingerprint density at radius 2 is 2.47 bits per heavy atom. The standard InChI is InChI=1S/C9H15N5O/c1-14-6-11-13-8(14)4-10-5-9(15)12-7-2-3-7/h6-7,10H,2-5H2,1H3,(H,12,15). The lowest BCUT2D eigenvalue weighted by Crippen LogP contribution is -2.35. The molecule has 1 fully saturated rings. The second-order valence-corrected chi connectivity index (χ2v) is 3.80. The minimum Gasteiger partial charge on any atom is -0.352 e. The van der Waals surface area contributed by atoms with Gasteiger partial charge in [-0.3, -0.25) is 4.79 Å². The second-order valence-electron chi connectivity index (χ2n) is 3.80. The molecule has 0 unspecified atom stereocenters. The van der Waals surface area contributed by atoms with E-state index in [0.717, 1.165) is 18.7 Å². The van der Waals surface area contributed by atoms with Crippen LogP contribution in [0.2, 0.25) is 0 Å². The van der Waals surface area contributed by atoms with E-state index in [4.69, 9.17) is 0 Å². The third kappa shape index (κ3) is 3.02. The van der Waals surface area contributed by atoms with Crippen LogP contribution in [0.5, 0.6) is 0 Å². The minimum atomic E-state index is 0.0552.